The van der Waals surface area contributed by atoms with E-state index in [1.54, 1.807) is 30.0 Å². The highest BCUT2D eigenvalue weighted by atomic mass is 32.2. The van der Waals surface area contributed by atoms with Crippen LogP contribution in [0, 0.1) is 0 Å². The topological polar surface area (TPSA) is 94.2 Å². The molecule has 1 amide bonds. The molecule has 1 aliphatic heterocycles. The van der Waals surface area contributed by atoms with Crippen LogP contribution in [-0.4, -0.2) is 41.2 Å². The Morgan fingerprint density at radius 2 is 1.72 bits per heavy atom. The number of hydrogen-bond acceptors (Lipinski definition) is 6. The van der Waals surface area contributed by atoms with Gasteiger partial charge in [-0.2, -0.15) is 0 Å². The predicted molar refractivity (Wildman–Crippen MR) is 122 cm³/mol. The molecule has 1 N–H and O–H groups in total. The van der Waals surface area contributed by atoms with Crippen molar-refractivity contribution in [1.29, 1.82) is 0 Å². The highest BCUT2D eigenvalue weighted by Crippen LogP contribution is 2.35. The lowest BCUT2D eigenvalue weighted by atomic mass is 10.1. The van der Waals surface area contributed by atoms with Crippen LogP contribution in [0.4, 0.5) is 5.69 Å². The number of nitrogens with zero attached hydrogens (tertiary/aromatic N) is 1. The molecule has 1 heterocycles. The van der Waals surface area contributed by atoms with Crippen molar-refractivity contribution >= 4 is 21.6 Å². The van der Waals surface area contributed by atoms with E-state index in [0.29, 0.717) is 49.1 Å². The van der Waals surface area contributed by atoms with E-state index in [1.165, 1.54) is 19.2 Å². The maximum Gasteiger partial charge on any atom is 0.241 e. The summed E-state index contributed by atoms with van der Waals surface area (Å²) in [4.78, 5) is 13.8. The van der Waals surface area contributed by atoms with E-state index in [4.69, 9.17) is 14.2 Å². The second-order valence-electron chi connectivity index (χ2n) is 7.40. The first kappa shape index (κ1) is 23.9. The molecule has 9 heteroatoms. The van der Waals surface area contributed by atoms with Crippen LogP contribution in [0.2, 0.25) is 0 Å². The number of benzene rings is 2. The number of amides is 1. The Hall–Kier alpha value is -2.78. The van der Waals surface area contributed by atoms with Crippen LogP contribution in [-0.2, 0) is 14.8 Å². The summed E-state index contributed by atoms with van der Waals surface area (Å²) in [7, 11) is -2.37. The third-order valence-corrected chi connectivity index (χ3v) is 6.76. The van der Waals surface area contributed by atoms with Gasteiger partial charge in [0.1, 0.15) is 5.75 Å². The number of rotatable bonds is 10. The quantitative estimate of drug-likeness (QED) is 0.579. The Morgan fingerprint density at radius 1 is 1.03 bits per heavy atom. The third kappa shape index (κ3) is 5.16. The Kier molecular flexibility index (Phi) is 7.63. The number of nitrogens with one attached hydrogen (secondary N) is 1. The van der Waals surface area contributed by atoms with Gasteiger partial charge in [0.2, 0.25) is 15.9 Å². The average Bonchev–Trinajstić information content (AvgIpc) is 3.20. The predicted octanol–water partition coefficient (Wildman–Crippen LogP) is 3.66. The summed E-state index contributed by atoms with van der Waals surface area (Å²) in [6, 6.07) is 9.38. The third-order valence-electron chi connectivity index (χ3n) is 5.22. The van der Waals surface area contributed by atoms with Gasteiger partial charge in [-0.25, -0.2) is 13.1 Å². The van der Waals surface area contributed by atoms with Crippen LogP contribution in [0.3, 0.4) is 0 Å². The minimum Gasteiger partial charge on any atom is -0.495 e. The lowest BCUT2D eigenvalue weighted by molar-refractivity contribution is -0.117. The van der Waals surface area contributed by atoms with Gasteiger partial charge in [-0.15, -0.1) is 0 Å². The molecule has 32 heavy (non-hydrogen) atoms. The fourth-order valence-corrected chi connectivity index (χ4v) is 4.91. The summed E-state index contributed by atoms with van der Waals surface area (Å²) >= 11 is 0. The summed E-state index contributed by atoms with van der Waals surface area (Å²) in [5.41, 5.74) is 1.20. The highest BCUT2D eigenvalue weighted by molar-refractivity contribution is 7.89. The first-order chi connectivity index (χ1) is 15.3. The van der Waals surface area contributed by atoms with Crippen LogP contribution < -0.4 is 23.8 Å². The molecule has 1 fully saturated rings. The van der Waals surface area contributed by atoms with E-state index in [-0.39, 0.29) is 10.8 Å². The number of sulfonamides is 1. The van der Waals surface area contributed by atoms with Gasteiger partial charge in [-0.3, -0.25) is 4.79 Å². The average molecular weight is 463 g/mol. The SMILES string of the molecule is CCOc1ccc(C(C)NS(=O)(=O)c2ccc(OC)c(N3CCCC3=O)c2)cc1OCC. The van der Waals surface area contributed by atoms with E-state index in [2.05, 4.69) is 4.72 Å². The molecule has 0 aromatic heterocycles. The molecule has 1 aliphatic rings. The number of carbonyl (C=O) groups excluding carboxylic acids is 1. The Bertz CT molecular complexity index is 1070. The molecule has 3 rings (SSSR count). The van der Waals surface area contributed by atoms with Gasteiger partial charge in [0.15, 0.2) is 11.5 Å². The molecule has 2 aromatic carbocycles. The number of ether oxygens (including phenoxy) is 3. The van der Waals surface area contributed by atoms with Crippen LogP contribution in [0.15, 0.2) is 41.3 Å². The first-order valence-electron chi connectivity index (χ1n) is 10.7. The minimum atomic E-state index is -3.86. The van der Waals surface area contributed by atoms with Gasteiger partial charge in [-0.1, -0.05) is 6.07 Å². The summed E-state index contributed by atoms with van der Waals surface area (Å²) < 4.78 is 45.6. The molecule has 1 atom stereocenters. The van der Waals surface area contributed by atoms with E-state index in [0.717, 1.165) is 12.0 Å². The number of methoxy groups -OCH3 is 1. The Balaban J connectivity index is 1.87. The number of anilines is 1. The lowest BCUT2D eigenvalue weighted by Gasteiger charge is -2.21. The zero-order chi connectivity index (χ0) is 23.3. The Morgan fingerprint density at radius 3 is 2.34 bits per heavy atom. The van der Waals surface area contributed by atoms with Crippen LogP contribution in [0.1, 0.15) is 45.2 Å². The maximum atomic E-state index is 13.1. The van der Waals surface area contributed by atoms with Crippen LogP contribution in [0.25, 0.3) is 0 Å². The van der Waals surface area contributed by atoms with Crippen molar-refractivity contribution in [3.63, 3.8) is 0 Å². The smallest absolute Gasteiger partial charge is 0.241 e. The molecule has 0 aliphatic carbocycles. The highest BCUT2D eigenvalue weighted by Gasteiger charge is 2.27. The molecular formula is C23H30N2O6S. The van der Waals surface area contributed by atoms with Crippen molar-refractivity contribution in [2.24, 2.45) is 0 Å². The van der Waals surface area contributed by atoms with E-state index >= 15 is 0 Å². The summed E-state index contributed by atoms with van der Waals surface area (Å²) in [6.45, 7) is 7.03. The second-order valence-corrected chi connectivity index (χ2v) is 9.11. The van der Waals surface area contributed by atoms with Crippen molar-refractivity contribution in [2.75, 3.05) is 31.8 Å². The fourth-order valence-electron chi connectivity index (χ4n) is 3.66. The maximum absolute atomic E-state index is 13.1. The van der Waals surface area contributed by atoms with Gasteiger partial charge in [0.25, 0.3) is 0 Å². The normalized spacial score (nSPS) is 15.0. The largest absolute Gasteiger partial charge is 0.495 e. The van der Waals surface area contributed by atoms with E-state index < -0.39 is 16.1 Å². The van der Waals surface area contributed by atoms with Crippen molar-refractivity contribution in [3.8, 4) is 17.2 Å². The second kappa shape index (κ2) is 10.2. The van der Waals surface area contributed by atoms with E-state index in [9.17, 15) is 13.2 Å². The van der Waals surface area contributed by atoms with Crippen molar-refractivity contribution < 1.29 is 27.4 Å². The molecule has 0 radical (unpaired) electrons. The van der Waals surface area contributed by atoms with Crippen LogP contribution in [0.5, 0.6) is 17.2 Å². The van der Waals surface area contributed by atoms with Gasteiger partial charge >= 0.3 is 0 Å². The standard InChI is InChI=1S/C23H30N2O6S/c1-5-30-21-11-9-17(14-22(21)31-6-2)16(3)24-32(27,28)18-10-12-20(29-4)19(15-18)25-13-7-8-23(25)26/h9-12,14-16,24H,5-8,13H2,1-4H3. The first-order valence-corrected chi connectivity index (χ1v) is 12.2. The monoisotopic (exact) mass is 462 g/mol. The summed E-state index contributed by atoms with van der Waals surface area (Å²) in [6.07, 6.45) is 1.17. The van der Waals surface area contributed by atoms with Crippen molar-refractivity contribution in [3.05, 3.63) is 42.0 Å². The van der Waals surface area contributed by atoms with Gasteiger partial charge < -0.3 is 19.1 Å². The van der Waals surface area contributed by atoms with Gasteiger partial charge in [-0.05, 0) is 63.1 Å². The molecule has 0 spiro atoms. The molecule has 0 saturated carbocycles. The summed E-state index contributed by atoms with van der Waals surface area (Å²) in [5.74, 6) is 1.59. The van der Waals surface area contributed by atoms with Crippen molar-refractivity contribution in [1.82, 2.24) is 4.72 Å². The molecule has 8 nitrogen and oxygen atoms in total. The molecule has 0 bridgehead atoms. The fraction of sp³-hybridized carbons (Fsp3) is 0.435. The molecule has 1 unspecified atom stereocenters. The summed E-state index contributed by atoms with van der Waals surface area (Å²) in [5, 5.41) is 0. The lowest BCUT2D eigenvalue weighted by Crippen LogP contribution is -2.28. The Labute approximate surface area is 189 Å². The van der Waals surface area contributed by atoms with Crippen LogP contribution >= 0.6 is 0 Å². The number of hydrogen-bond donors (Lipinski definition) is 1. The van der Waals surface area contributed by atoms with E-state index in [1.807, 2.05) is 19.9 Å². The molecule has 2 aromatic rings. The van der Waals surface area contributed by atoms with Crippen molar-refractivity contribution in [2.45, 2.75) is 44.6 Å². The van der Waals surface area contributed by atoms with Gasteiger partial charge in [0.05, 0.1) is 30.9 Å². The number of carbonyl (C=O) groups is 1. The molecule has 1 saturated heterocycles. The molecular weight excluding hydrogens is 432 g/mol. The van der Waals surface area contributed by atoms with Gasteiger partial charge in [0, 0.05) is 19.0 Å². The minimum absolute atomic E-state index is 0.0444. The zero-order valence-corrected chi connectivity index (χ0v) is 19.7. The zero-order valence-electron chi connectivity index (χ0n) is 18.9. The molecule has 174 valence electrons.